The summed E-state index contributed by atoms with van der Waals surface area (Å²) in [7, 11) is 0. The third-order valence-corrected chi connectivity index (χ3v) is 4.84. The largest absolute Gasteiger partial charge is 0.0744 e. The fourth-order valence-electron chi connectivity index (χ4n) is 4.16. The van der Waals surface area contributed by atoms with E-state index in [0.717, 1.165) is 5.92 Å². The Kier molecular flexibility index (Phi) is 2.26. The third kappa shape index (κ3) is 1.49. The van der Waals surface area contributed by atoms with Crippen LogP contribution >= 0.6 is 0 Å². The summed E-state index contributed by atoms with van der Waals surface area (Å²) >= 11 is 0. The molecule has 2 saturated carbocycles. The van der Waals surface area contributed by atoms with Crippen molar-refractivity contribution in [1.82, 2.24) is 0 Å². The van der Waals surface area contributed by atoms with Gasteiger partial charge in [-0.25, -0.2) is 0 Å². The zero-order chi connectivity index (χ0) is 10.3. The molecule has 1 unspecified atom stereocenters. The lowest BCUT2D eigenvalue weighted by Crippen LogP contribution is -2.32. The van der Waals surface area contributed by atoms with E-state index in [9.17, 15) is 0 Å². The van der Waals surface area contributed by atoms with E-state index in [0.29, 0.717) is 5.41 Å². The van der Waals surface area contributed by atoms with Gasteiger partial charge in [0.2, 0.25) is 0 Å². The molecule has 1 spiro atoms. The van der Waals surface area contributed by atoms with Gasteiger partial charge in [0.25, 0.3) is 0 Å². The van der Waals surface area contributed by atoms with Gasteiger partial charge in [-0.3, -0.25) is 0 Å². The molecule has 1 atom stereocenters. The Bertz CT molecular complexity index is 307. The maximum atomic E-state index is 2.52. The van der Waals surface area contributed by atoms with E-state index in [1.165, 1.54) is 56.9 Å². The fourth-order valence-corrected chi connectivity index (χ4v) is 4.16. The Morgan fingerprint density at radius 1 is 1.07 bits per heavy atom. The van der Waals surface area contributed by atoms with E-state index in [2.05, 4.69) is 19.1 Å². The number of rotatable bonds is 0. The molecule has 0 heteroatoms. The molecule has 3 aliphatic carbocycles. The summed E-state index contributed by atoms with van der Waals surface area (Å²) in [6.07, 6.45) is 16.8. The summed E-state index contributed by atoms with van der Waals surface area (Å²) < 4.78 is 0. The molecule has 2 fully saturated rings. The van der Waals surface area contributed by atoms with Gasteiger partial charge in [0.05, 0.1) is 0 Å². The van der Waals surface area contributed by atoms with Gasteiger partial charge in [-0.1, -0.05) is 49.0 Å². The van der Waals surface area contributed by atoms with Crippen molar-refractivity contribution in [1.29, 1.82) is 0 Å². The Morgan fingerprint density at radius 2 is 1.80 bits per heavy atom. The highest BCUT2D eigenvalue weighted by atomic mass is 14.5. The molecule has 0 aromatic carbocycles. The smallest absolute Gasteiger partial charge is 0.000878 e. The van der Waals surface area contributed by atoms with Crippen molar-refractivity contribution in [3.63, 3.8) is 0 Å². The van der Waals surface area contributed by atoms with Gasteiger partial charge in [0.1, 0.15) is 0 Å². The monoisotopic (exact) mass is 202 g/mol. The summed E-state index contributed by atoms with van der Waals surface area (Å²) in [5, 5.41) is 0. The lowest BCUT2D eigenvalue weighted by atomic mass is 9.60. The molecule has 0 N–H and O–H groups in total. The van der Waals surface area contributed by atoms with Crippen molar-refractivity contribution in [2.24, 2.45) is 11.3 Å². The molecule has 3 rings (SSSR count). The molecule has 0 aromatic rings. The predicted molar refractivity (Wildman–Crippen MR) is 64.7 cm³/mol. The van der Waals surface area contributed by atoms with Crippen LogP contribution in [0.25, 0.3) is 0 Å². The van der Waals surface area contributed by atoms with Crippen LogP contribution in [0.2, 0.25) is 0 Å². The first-order chi connectivity index (χ1) is 7.30. The van der Waals surface area contributed by atoms with Crippen molar-refractivity contribution >= 4 is 0 Å². The number of allylic oxidation sites excluding steroid dienone is 4. The van der Waals surface area contributed by atoms with Gasteiger partial charge in [-0.15, -0.1) is 0 Å². The number of hydrogen-bond acceptors (Lipinski definition) is 0. The molecule has 82 valence electrons. The maximum Gasteiger partial charge on any atom is -0.000878 e. The second kappa shape index (κ2) is 3.50. The zero-order valence-corrected chi connectivity index (χ0v) is 9.89. The van der Waals surface area contributed by atoms with Crippen LogP contribution in [-0.2, 0) is 0 Å². The van der Waals surface area contributed by atoms with Crippen LogP contribution in [-0.4, -0.2) is 0 Å². The molecular formula is C15H22. The zero-order valence-electron chi connectivity index (χ0n) is 9.89. The summed E-state index contributed by atoms with van der Waals surface area (Å²) in [4.78, 5) is 0. The molecule has 0 radical (unpaired) electrons. The maximum absolute atomic E-state index is 2.52. The van der Waals surface area contributed by atoms with Crippen molar-refractivity contribution in [2.75, 3.05) is 0 Å². The average Bonchev–Trinajstić information content (AvgIpc) is 2.62. The fraction of sp³-hybridized carbons (Fsp3) is 0.733. The van der Waals surface area contributed by atoms with Gasteiger partial charge in [-0.05, 0) is 43.9 Å². The lowest BCUT2D eigenvalue weighted by Gasteiger charge is -2.44. The highest BCUT2D eigenvalue weighted by Crippen LogP contribution is 2.55. The standard InChI is InChI=1S/C15H22/c1-12-10-13-6-5-9-15(14(13)11-12)7-3-2-4-8-15/h10-11,13H,2-9H2,1H3. The van der Waals surface area contributed by atoms with E-state index >= 15 is 0 Å². The minimum absolute atomic E-state index is 0.648. The Morgan fingerprint density at radius 3 is 2.60 bits per heavy atom. The van der Waals surface area contributed by atoms with Crippen LogP contribution in [0.4, 0.5) is 0 Å². The molecule has 0 heterocycles. The quantitative estimate of drug-likeness (QED) is 0.537. The van der Waals surface area contributed by atoms with E-state index in [4.69, 9.17) is 0 Å². The minimum Gasteiger partial charge on any atom is -0.0744 e. The summed E-state index contributed by atoms with van der Waals surface area (Å²) in [6, 6.07) is 0. The molecule has 0 bridgehead atoms. The first kappa shape index (κ1) is 9.69. The lowest BCUT2D eigenvalue weighted by molar-refractivity contribution is 0.176. The Balaban J connectivity index is 1.92. The SMILES string of the molecule is CC1=CC2CCCC3(CCCCC3)C2=C1. The molecule has 0 aliphatic heterocycles. The molecule has 0 amide bonds. The molecule has 15 heavy (non-hydrogen) atoms. The highest BCUT2D eigenvalue weighted by Gasteiger charge is 2.41. The van der Waals surface area contributed by atoms with Gasteiger partial charge >= 0.3 is 0 Å². The topological polar surface area (TPSA) is 0 Å². The summed E-state index contributed by atoms with van der Waals surface area (Å²) in [5.41, 5.74) is 4.00. The van der Waals surface area contributed by atoms with Crippen LogP contribution in [0, 0.1) is 11.3 Å². The molecule has 0 nitrogen and oxygen atoms in total. The van der Waals surface area contributed by atoms with Gasteiger partial charge in [-0.2, -0.15) is 0 Å². The van der Waals surface area contributed by atoms with Crippen LogP contribution in [0.1, 0.15) is 58.3 Å². The van der Waals surface area contributed by atoms with Crippen molar-refractivity contribution in [2.45, 2.75) is 58.3 Å². The second-order valence-corrected chi connectivity index (χ2v) is 5.85. The Labute approximate surface area is 93.5 Å². The molecule has 3 aliphatic rings. The second-order valence-electron chi connectivity index (χ2n) is 5.85. The number of hydrogen-bond donors (Lipinski definition) is 0. The van der Waals surface area contributed by atoms with Crippen molar-refractivity contribution in [3.05, 3.63) is 23.3 Å². The third-order valence-electron chi connectivity index (χ3n) is 4.84. The van der Waals surface area contributed by atoms with Gasteiger partial charge in [0, 0.05) is 0 Å². The first-order valence-corrected chi connectivity index (χ1v) is 6.71. The highest BCUT2D eigenvalue weighted by molar-refractivity contribution is 5.39. The van der Waals surface area contributed by atoms with Crippen LogP contribution < -0.4 is 0 Å². The summed E-state index contributed by atoms with van der Waals surface area (Å²) in [5.74, 6) is 0.830. The van der Waals surface area contributed by atoms with Crippen molar-refractivity contribution < 1.29 is 0 Å². The molecule has 0 aromatic heterocycles. The van der Waals surface area contributed by atoms with Crippen LogP contribution in [0.15, 0.2) is 23.3 Å². The first-order valence-electron chi connectivity index (χ1n) is 6.71. The van der Waals surface area contributed by atoms with Gasteiger partial charge in [0.15, 0.2) is 0 Å². The van der Waals surface area contributed by atoms with Crippen LogP contribution in [0.5, 0.6) is 0 Å². The minimum atomic E-state index is 0.648. The van der Waals surface area contributed by atoms with E-state index in [1.807, 2.05) is 5.57 Å². The predicted octanol–water partition coefficient (Wildman–Crippen LogP) is 4.62. The Hall–Kier alpha value is -0.520. The number of fused-ring (bicyclic) bond motifs is 2. The van der Waals surface area contributed by atoms with E-state index in [1.54, 1.807) is 0 Å². The average molecular weight is 202 g/mol. The normalized spacial score (nSPS) is 33.5. The van der Waals surface area contributed by atoms with Crippen molar-refractivity contribution in [3.8, 4) is 0 Å². The van der Waals surface area contributed by atoms with Gasteiger partial charge < -0.3 is 0 Å². The summed E-state index contributed by atoms with van der Waals surface area (Å²) in [6.45, 7) is 2.28. The van der Waals surface area contributed by atoms with E-state index < -0.39 is 0 Å². The van der Waals surface area contributed by atoms with E-state index in [-0.39, 0.29) is 0 Å². The molecular weight excluding hydrogens is 180 g/mol. The molecule has 0 saturated heterocycles. The van der Waals surface area contributed by atoms with Crippen LogP contribution in [0.3, 0.4) is 0 Å².